The Labute approximate surface area is 100 Å². The summed E-state index contributed by atoms with van der Waals surface area (Å²) >= 11 is 1.52. The fourth-order valence-electron chi connectivity index (χ4n) is 1.07. The first kappa shape index (κ1) is 13.1. The van der Waals surface area contributed by atoms with Gasteiger partial charge in [0.05, 0.1) is 6.10 Å². The summed E-state index contributed by atoms with van der Waals surface area (Å²) in [5.41, 5.74) is 0. The van der Waals surface area contributed by atoms with Gasteiger partial charge in [-0.15, -0.1) is 0 Å². The number of methoxy groups -OCH3 is 1. The molecule has 0 amide bonds. The van der Waals surface area contributed by atoms with Crippen LogP contribution in [-0.4, -0.2) is 43.0 Å². The van der Waals surface area contributed by atoms with Crippen molar-refractivity contribution in [3.8, 4) is 0 Å². The number of anilines is 2. The molecule has 2 N–H and O–H groups in total. The molecule has 1 rings (SSSR count). The Balaban J connectivity index is 2.71. The Morgan fingerprint density at radius 3 is 2.69 bits per heavy atom. The monoisotopic (exact) mass is 242 g/mol. The summed E-state index contributed by atoms with van der Waals surface area (Å²) in [6, 6.07) is 1.88. The van der Waals surface area contributed by atoms with Crippen molar-refractivity contribution in [2.75, 3.05) is 37.6 Å². The van der Waals surface area contributed by atoms with Crippen LogP contribution in [0.3, 0.4) is 0 Å². The molecule has 90 valence electrons. The lowest BCUT2D eigenvalue weighted by molar-refractivity contribution is 0.128. The van der Waals surface area contributed by atoms with Gasteiger partial charge in [-0.05, 0) is 13.2 Å². The Kier molecular flexibility index (Phi) is 5.34. The topological polar surface area (TPSA) is 59.1 Å². The van der Waals surface area contributed by atoms with E-state index in [2.05, 4.69) is 20.6 Å². The van der Waals surface area contributed by atoms with Crippen molar-refractivity contribution in [3.63, 3.8) is 0 Å². The number of aromatic nitrogens is 2. The summed E-state index contributed by atoms with van der Waals surface area (Å²) in [6.45, 7) is 2.73. The fourth-order valence-corrected chi connectivity index (χ4v) is 1.45. The molecule has 0 radical (unpaired) electrons. The largest absolute Gasteiger partial charge is 0.380 e. The Morgan fingerprint density at radius 1 is 1.44 bits per heavy atom. The van der Waals surface area contributed by atoms with Crippen LogP contribution >= 0.6 is 11.8 Å². The van der Waals surface area contributed by atoms with Gasteiger partial charge in [0.15, 0.2) is 5.16 Å². The van der Waals surface area contributed by atoms with Crippen molar-refractivity contribution in [2.24, 2.45) is 0 Å². The smallest absolute Gasteiger partial charge is 0.191 e. The van der Waals surface area contributed by atoms with Gasteiger partial charge in [0.2, 0.25) is 0 Å². The number of nitrogens with one attached hydrogen (secondary N) is 2. The highest BCUT2D eigenvalue weighted by Gasteiger charge is 2.04. The SMILES string of the molecule is CNc1cc(NCC(C)OC)nc(SC)n1. The van der Waals surface area contributed by atoms with Crippen LogP contribution in [0.1, 0.15) is 6.92 Å². The third-order valence-electron chi connectivity index (χ3n) is 2.12. The number of hydrogen-bond acceptors (Lipinski definition) is 6. The number of hydrogen-bond donors (Lipinski definition) is 2. The lowest BCUT2D eigenvalue weighted by Gasteiger charge is -2.12. The van der Waals surface area contributed by atoms with Crippen molar-refractivity contribution in [2.45, 2.75) is 18.2 Å². The predicted octanol–water partition coefficient (Wildman–Crippen LogP) is 1.69. The minimum Gasteiger partial charge on any atom is -0.380 e. The van der Waals surface area contributed by atoms with Crippen molar-refractivity contribution in [1.29, 1.82) is 0 Å². The van der Waals surface area contributed by atoms with Crippen molar-refractivity contribution < 1.29 is 4.74 Å². The molecule has 16 heavy (non-hydrogen) atoms. The zero-order chi connectivity index (χ0) is 12.0. The average Bonchev–Trinajstić information content (AvgIpc) is 2.35. The Bertz CT molecular complexity index is 312. The van der Waals surface area contributed by atoms with Gasteiger partial charge in [0, 0.05) is 26.8 Å². The van der Waals surface area contributed by atoms with Gasteiger partial charge in [-0.2, -0.15) is 0 Å². The zero-order valence-electron chi connectivity index (χ0n) is 10.1. The summed E-state index contributed by atoms with van der Waals surface area (Å²) < 4.78 is 5.16. The molecule has 0 saturated heterocycles. The first-order valence-corrected chi connectivity index (χ1v) is 6.29. The average molecular weight is 242 g/mol. The maximum Gasteiger partial charge on any atom is 0.191 e. The number of ether oxygens (including phenoxy) is 1. The molecule has 1 heterocycles. The second kappa shape index (κ2) is 6.55. The summed E-state index contributed by atoms with van der Waals surface area (Å²) in [4.78, 5) is 8.64. The molecule has 0 saturated carbocycles. The van der Waals surface area contributed by atoms with Crippen LogP contribution in [-0.2, 0) is 4.74 Å². The van der Waals surface area contributed by atoms with Crippen LogP contribution in [0.15, 0.2) is 11.2 Å². The quantitative estimate of drug-likeness (QED) is 0.585. The minimum absolute atomic E-state index is 0.158. The molecule has 1 aromatic heterocycles. The van der Waals surface area contributed by atoms with Crippen LogP contribution in [0, 0.1) is 0 Å². The normalized spacial score (nSPS) is 12.2. The van der Waals surface area contributed by atoms with Gasteiger partial charge in [-0.25, -0.2) is 9.97 Å². The van der Waals surface area contributed by atoms with Crippen LogP contribution in [0.2, 0.25) is 0 Å². The van der Waals surface area contributed by atoms with Gasteiger partial charge in [0.1, 0.15) is 11.6 Å². The standard InChI is InChI=1S/C10H18N4OS/c1-7(15-3)6-12-9-5-8(11-2)13-10(14-9)16-4/h5,7H,6H2,1-4H3,(H2,11,12,13,14). The van der Waals surface area contributed by atoms with E-state index in [0.717, 1.165) is 23.3 Å². The molecule has 1 aromatic rings. The van der Waals surface area contributed by atoms with Crippen LogP contribution in [0.4, 0.5) is 11.6 Å². The first-order valence-electron chi connectivity index (χ1n) is 5.07. The molecular weight excluding hydrogens is 224 g/mol. The van der Waals surface area contributed by atoms with Gasteiger partial charge in [-0.1, -0.05) is 11.8 Å². The van der Waals surface area contributed by atoms with E-state index in [-0.39, 0.29) is 6.10 Å². The highest BCUT2D eigenvalue weighted by atomic mass is 32.2. The maximum absolute atomic E-state index is 5.16. The van der Waals surface area contributed by atoms with Gasteiger partial charge >= 0.3 is 0 Å². The second-order valence-corrected chi connectivity index (χ2v) is 4.08. The molecule has 0 aromatic carbocycles. The molecule has 5 nitrogen and oxygen atoms in total. The van der Waals surface area contributed by atoms with Crippen molar-refractivity contribution in [3.05, 3.63) is 6.07 Å². The van der Waals surface area contributed by atoms with Gasteiger partial charge < -0.3 is 15.4 Å². The molecule has 0 aliphatic heterocycles. The van der Waals surface area contributed by atoms with Crippen LogP contribution in [0.25, 0.3) is 0 Å². The Morgan fingerprint density at radius 2 is 2.12 bits per heavy atom. The van der Waals surface area contributed by atoms with E-state index in [9.17, 15) is 0 Å². The molecule has 1 atom stereocenters. The van der Waals surface area contributed by atoms with E-state index in [1.165, 1.54) is 11.8 Å². The number of rotatable bonds is 6. The second-order valence-electron chi connectivity index (χ2n) is 3.30. The first-order chi connectivity index (χ1) is 7.69. The number of nitrogens with zero attached hydrogens (tertiary/aromatic N) is 2. The van der Waals surface area contributed by atoms with E-state index in [0.29, 0.717) is 0 Å². The predicted molar refractivity (Wildman–Crippen MR) is 68.3 cm³/mol. The molecule has 6 heteroatoms. The van der Waals surface area contributed by atoms with Crippen molar-refractivity contribution >= 4 is 23.4 Å². The molecule has 0 spiro atoms. The number of thioether (sulfide) groups is 1. The summed E-state index contributed by atoms with van der Waals surface area (Å²) in [6.07, 6.45) is 2.11. The zero-order valence-corrected chi connectivity index (χ0v) is 10.9. The third-order valence-corrected chi connectivity index (χ3v) is 2.67. The van der Waals surface area contributed by atoms with Gasteiger partial charge in [0.25, 0.3) is 0 Å². The molecular formula is C10H18N4OS. The van der Waals surface area contributed by atoms with E-state index >= 15 is 0 Å². The minimum atomic E-state index is 0.158. The highest BCUT2D eigenvalue weighted by Crippen LogP contribution is 2.16. The Hall–Kier alpha value is -1.01. The maximum atomic E-state index is 5.16. The summed E-state index contributed by atoms with van der Waals surface area (Å²) in [5.74, 6) is 1.62. The van der Waals surface area contributed by atoms with Gasteiger partial charge in [-0.3, -0.25) is 0 Å². The highest BCUT2D eigenvalue weighted by molar-refractivity contribution is 7.98. The van der Waals surface area contributed by atoms with E-state index in [1.807, 2.05) is 26.3 Å². The van der Waals surface area contributed by atoms with Crippen molar-refractivity contribution in [1.82, 2.24) is 9.97 Å². The van der Waals surface area contributed by atoms with Crippen LogP contribution in [0.5, 0.6) is 0 Å². The molecule has 1 unspecified atom stereocenters. The lowest BCUT2D eigenvalue weighted by atomic mass is 10.4. The lowest BCUT2D eigenvalue weighted by Crippen LogP contribution is -2.19. The van der Waals surface area contributed by atoms with E-state index < -0.39 is 0 Å². The van der Waals surface area contributed by atoms with E-state index in [1.54, 1.807) is 7.11 Å². The molecule has 0 aliphatic rings. The fraction of sp³-hybridized carbons (Fsp3) is 0.600. The third kappa shape index (κ3) is 3.86. The molecule has 0 fully saturated rings. The van der Waals surface area contributed by atoms with Crippen LogP contribution < -0.4 is 10.6 Å². The molecule has 0 aliphatic carbocycles. The summed E-state index contributed by atoms with van der Waals surface area (Å²) in [7, 11) is 3.53. The van der Waals surface area contributed by atoms with E-state index in [4.69, 9.17) is 4.74 Å². The summed E-state index contributed by atoms with van der Waals surface area (Å²) in [5, 5.41) is 6.97. The molecule has 0 bridgehead atoms.